The summed E-state index contributed by atoms with van der Waals surface area (Å²) in [4.78, 5) is 12.9. The standard InChI is InChI=1S/C45H43FO6S/c1-32-38(28-33-18-20-37(53-2)21-19-33)40-29-42(46)43(30-41(40)39(32)31-44(47)48)51-26-24-49-22-23-50-25-27-52-45(34-12-6-3-7-13-34,35-14-8-4-9-15-35)36-16-10-5-11-17-36/h3-21,28-30H,22-27,31H2,1-2H3,(H,47,48). The first-order valence-corrected chi connectivity index (χ1v) is 18.8. The summed E-state index contributed by atoms with van der Waals surface area (Å²) in [5, 5.41) is 9.65. The predicted molar refractivity (Wildman–Crippen MR) is 210 cm³/mol. The van der Waals surface area contributed by atoms with Crippen molar-refractivity contribution in [3.8, 4) is 5.75 Å². The maximum absolute atomic E-state index is 15.4. The van der Waals surface area contributed by atoms with Gasteiger partial charge < -0.3 is 24.1 Å². The molecular formula is C45H43FO6S. The molecule has 0 aromatic heterocycles. The Balaban J connectivity index is 1.02. The van der Waals surface area contributed by atoms with E-state index in [-0.39, 0.29) is 25.4 Å². The average molecular weight is 731 g/mol. The zero-order valence-electron chi connectivity index (χ0n) is 29.9. The van der Waals surface area contributed by atoms with Crippen molar-refractivity contribution in [2.75, 3.05) is 45.9 Å². The minimum absolute atomic E-state index is 0.0562. The molecule has 6 rings (SSSR count). The van der Waals surface area contributed by atoms with Crippen LogP contribution in [0.25, 0.3) is 17.2 Å². The highest BCUT2D eigenvalue weighted by Crippen LogP contribution is 2.46. The molecule has 1 N–H and O–H groups in total. The summed E-state index contributed by atoms with van der Waals surface area (Å²) in [5.74, 6) is -1.41. The van der Waals surface area contributed by atoms with Gasteiger partial charge >= 0.3 is 5.97 Å². The number of benzene rings is 5. The molecule has 0 saturated carbocycles. The van der Waals surface area contributed by atoms with Crippen LogP contribution in [0.2, 0.25) is 0 Å². The molecule has 0 heterocycles. The van der Waals surface area contributed by atoms with Gasteiger partial charge in [0.1, 0.15) is 12.2 Å². The number of fused-ring (bicyclic) bond motifs is 1. The van der Waals surface area contributed by atoms with Crippen LogP contribution in [0, 0.1) is 5.82 Å². The Kier molecular flexibility index (Phi) is 12.9. The summed E-state index contributed by atoms with van der Waals surface area (Å²) in [6, 6.07) is 41.7. The molecule has 8 heteroatoms. The summed E-state index contributed by atoms with van der Waals surface area (Å²) in [7, 11) is 0. The highest BCUT2D eigenvalue weighted by Gasteiger charge is 2.37. The maximum atomic E-state index is 15.4. The number of thioether (sulfide) groups is 1. The van der Waals surface area contributed by atoms with E-state index in [1.54, 1.807) is 17.8 Å². The molecular weight excluding hydrogens is 688 g/mol. The third-order valence-corrected chi connectivity index (χ3v) is 9.99. The zero-order chi connectivity index (χ0) is 37.0. The first-order chi connectivity index (χ1) is 25.9. The monoisotopic (exact) mass is 730 g/mol. The molecule has 0 saturated heterocycles. The van der Waals surface area contributed by atoms with Gasteiger partial charge in [0.15, 0.2) is 11.6 Å². The molecule has 0 fully saturated rings. The first kappa shape index (κ1) is 37.8. The van der Waals surface area contributed by atoms with Crippen molar-refractivity contribution in [1.82, 2.24) is 0 Å². The first-order valence-electron chi connectivity index (χ1n) is 17.6. The molecule has 0 bridgehead atoms. The highest BCUT2D eigenvalue weighted by molar-refractivity contribution is 7.98. The van der Waals surface area contributed by atoms with Crippen LogP contribution >= 0.6 is 11.8 Å². The molecule has 6 nitrogen and oxygen atoms in total. The molecule has 53 heavy (non-hydrogen) atoms. The number of rotatable bonds is 18. The summed E-state index contributed by atoms with van der Waals surface area (Å²) in [6.45, 7) is 3.61. The Bertz CT molecular complexity index is 1930. The smallest absolute Gasteiger partial charge is 0.307 e. The summed E-state index contributed by atoms with van der Waals surface area (Å²) >= 11 is 1.65. The molecule has 5 aromatic carbocycles. The number of carbonyl (C=O) groups is 1. The Morgan fingerprint density at radius 1 is 0.717 bits per heavy atom. The summed E-state index contributed by atoms with van der Waals surface area (Å²) < 4.78 is 39.5. The van der Waals surface area contributed by atoms with E-state index in [1.807, 2.05) is 98.1 Å². The van der Waals surface area contributed by atoms with Crippen molar-refractivity contribution in [3.63, 3.8) is 0 Å². The number of halogens is 1. The van der Waals surface area contributed by atoms with Gasteiger partial charge in [0.05, 0.1) is 39.5 Å². The fourth-order valence-electron chi connectivity index (χ4n) is 6.69. The van der Waals surface area contributed by atoms with E-state index in [1.165, 1.54) is 6.07 Å². The molecule has 1 aliphatic rings. The molecule has 0 aliphatic heterocycles. The van der Waals surface area contributed by atoms with Crippen LogP contribution in [0.4, 0.5) is 4.39 Å². The second kappa shape index (κ2) is 18.2. The summed E-state index contributed by atoms with van der Waals surface area (Å²) in [5.41, 5.74) is 6.81. The third-order valence-electron chi connectivity index (χ3n) is 9.24. The van der Waals surface area contributed by atoms with Crippen molar-refractivity contribution >= 4 is 35.0 Å². The number of carboxylic acids is 1. The normalized spacial score (nSPS) is 13.4. The van der Waals surface area contributed by atoms with Gasteiger partial charge in [0.2, 0.25) is 0 Å². The van der Waals surface area contributed by atoms with E-state index < -0.39 is 17.4 Å². The second-order valence-corrected chi connectivity index (χ2v) is 13.4. The lowest BCUT2D eigenvalue weighted by molar-refractivity contribution is -0.135. The van der Waals surface area contributed by atoms with Gasteiger partial charge in [0, 0.05) is 4.90 Å². The number of hydrogen-bond donors (Lipinski definition) is 1. The minimum Gasteiger partial charge on any atom is -0.488 e. The molecule has 0 spiro atoms. The summed E-state index contributed by atoms with van der Waals surface area (Å²) in [6.07, 6.45) is 3.82. The highest BCUT2D eigenvalue weighted by atomic mass is 32.2. The van der Waals surface area contributed by atoms with Gasteiger partial charge in [-0.2, -0.15) is 0 Å². The van der Waals surface area contributed by atoms with Gasteiger partial charge in [-0.1, -0.05) is 103 Å². The minimum atomic E-state index is -0.951. The van der Waals surface area contributed by atoms with Crippen LogP contribution in [-0.4, -0.2) is 57.0 Å². The van der Waals surface area contributed by atoms with Crippen molar-refractivity contribution in [2.24, 2.45) is 0 Å². The zero-order valence-corrected chi connectivity index (χ0v) is 30.7. The van der Waals surface area contributed by atoms with E-state index in [4.69, 9.17) is 18.9 Å². The van der Waals surface area contributed by atoms with E-state index in [2.05, 4.69) is 36.4 Å². The number of aliphatic carboxylic acids is 1. The van der Waals surface area contributed by atoms with Gasteiger partial charge in [-0.25, -0.2) is 4.39 Å². The van der Waals surface area contributed by atoms with Crippen LogP contribution in [0.5, 0.6) is 5.75 Å². The van der Waals surface area contributed by atoms with E-state index >= 15 is 4.39 Å². The maximum Gasteiger partial charge on any atom is 0.307 e. The molecule has 5 aromatic rings. The topological polar surface area (TPSA) is 74.2 Å². The van der Waals surface area contributed by atoms with Crippen LogP contribution in [0.3, 0.4) is 0 Å². The van der Waals surface area contributed by atoms with E-state index in [0.29, 0.717) is 43.1 Å². The van der Waals surface area contributed by atoms with Crippen molar-refractivity contribution in [3.05, 3.63) is 172 Å². The van der Waals surface area contributed by atoms with Crippen molar-refractivity contribution in [1.29, 1.82) is 0 Å². The fourth-order valence-corrected chi connectivity index (χ4v) is 7.10. The van der Waals surface area contributed by atoms with Gasteiger partial charge in [-0.3, -0.25) is 4.79 Å². The second-order valence-electron chi connectivity index (χ2n) is 12.5. The van der Waals surface area contributed by atoms with Crippen LogP contribution in [-0.2, 0) is 24.6 Å². The molecule has 0 radical (unpaired) electrons. The van der Waals surface area contributed by atoms with Gasteiger partial charge in [-0.15, -0.1) is 11.8 Å². The molecule has 272 valence electrons. The Labute approximate surface area is 314 Å². The predicted octanol–water partition coefficient (Wildman–Crippen LogP) is 9.77. The molecule has 0 unspecified atom stereocenters. The Morgan fingerprint density at radius 3 is 1.77 bits per heavy atom. The quantitative estimate of drug-likeness (QED) is 0.0547. The Morgan fingerprint density at radius 2 is 1.25 bits per heavy atom. The third kappa shape index (κ3) is 8.98. The number of hydrogen-bond acceptors (Lipinski definition) is 6. The van der Waals surface area contributed by atoms with Crippen LogP contribution in [0.1, 0.15) is 46.7 Å². The van der Waals surface area contributed by atoms with Crippen molar-refractivity contribution < 1.29 is 33.2 Å². The molecule has 0 amide bonds. The van der Waals surface area contributed by atoms with Crippen LogP contribution < -0.4 is 4.74 Å². The lowest BCUT2D eigenvalue weighted by Gasteiger charge is -2.36. The van der Waals surface area contributed by atoms with E-state index in [0.717, 1.165) is 38.3 Å². The lowest BCUT2D eigenvalue weighted by Crippen LogP contribution is -2.34. The number of ether oxygens (including phenoxy) is 4. The molecule has 1 aliphatic carbocycles. The lowest BCUT2D eigenvalue weighted by atomic mass is 9.80. The molecule has 0 atom stereocenters. The number of carboxylic acid groups (broad SMARTS) is 1. The average Bonchev–Trinajstić information content (AvgIpc) is 3.42. The van der Waals surface area contributed by atoms with Gasteiger partial charge in [0.25, 0.3) is 0 Å². The Hall–Kier alpha value is -4.99. The van der Waals surface area contributed by atoms with Gasteiger partial charge in [-0.05, 0) is 93.6 Å². The largest absolute Gasteiger partial charge is 0.488 e. The fraction of sp³-hybridized carbons (Fsp3) is 0.222. The van der Waals surface area contributed by atoms with E-state index in [9.17, 15) is 9.90 Å². The van der Waals surface area contributed by atoms with Crippen LogP contribution in [0.15, 0.2) is 138 Å². The van der Waals surface area contributed by atoms with Crippen molar-refractivity contribution in [2.45, 2.75) is 23.8 Å². The number of allylic oxidation sites excluding steroid dienone is 2. The SMILES string of the molecule is CSc1ccc(C=C2C(C)=C(CC(=O)O)c3cc(OCCOCCOCCOC(c4ccccc4)(c4ccccc4)c4ccccc4)c(F)cc32)cc1.